The van der Waals surface area contributed by atoms with Crippen molar-refractivity contribution in [1.29, 1.82) is 0 Å². The van der Waals surface area contributed by atoms with Gasteiger partial charge in [-0.3, -0.25) is 15.0 Å². The van der Waals surface area contributed by atoms with Crippen molar-refractivity contribution in [2.75, 3.05) is 10.6 Å². The molecule has 0 bridgehead atoms. The van der Waals surface area contributed by atoms with Gasteiger partial charge in [-0.1, -0.05) is 266 Å². The van der Waals surface area contributed by atoms with Crippen molar-refractivity contribution in [2.24, 2.45) is 0 Å². The molecule has 13 aromatic rings. The minimum Gasteiger partial charge on any atom is -0.398 e. The number of hydrogen-bond donors (Lipinski definition) is 1. The highest BCUT2D eigenvalue weighted by molar-refractivity contribution is 9.10. The van der Waals surface area contributed by atoms with Crippen molar-refractivity contribution in [3.05, 3.63) is 329 Å². The Morgan fingerprint density at radius 1 is 0.292 bits per heavy atom. The van der Waals surface area contributed by atoms with E-state index in [4.69, 9.17) is 15.7 Å². The molecule has 0 saturated heterocycles. The molecule has 0 atom stereocenters. The molecule has 2 N–H and O–H groups in total. The highest BCUT2D eigenvalue weighted by Crippen LogP contribution is 2.46. The average molecular weight is 1320 g/mol. The van der Waals surface area contributed by atoms with Crippen LogP contribution in [0.3, 0.4) is 0 Å². The van der Waals surface area contributed by atoms with Crippen LogP contribution in [0.5, 0.6) is 0 Å². The lowest BCUT2D eigenvalue weighted by Gasteiger charge is -2.32. The van der Waals surface area contributed by atoms with Crippen molar-refractivity contribution >= 4 is 38.7 Å². The van der Waals surface area contributed by atoms with Crippen LogP contribution in [0, 0.1) is 20.8 Å². The van der Waals surface area contributed by atoms with E-state index in [2.05, 4.69) is 333 Å². The zero-order chi connectivity index (χ0) is 67.7. The van der Waals surface area contributed by atoms with E-state index in [0.29, 0.717) is 0 Å². The molecule has 0 amide bonds. The van der Waals surface area contributed by atoms with E-state index in [1.807, 2.05) is 67.1 Å². The van der Waals surface area contributed by atoms with Gasteiger partial charge in [0.15, 0.2) is 0 Å². The van der Waals surface area contributed by atoms with Crippen LogP contribution in [0.25, 0.3) is 89.4 Å². The lowest BCUT2D eigenvalue weighted by atomic mass is 9.84. The molecule has 0 aliphatic rings. The summed E-state index contributed by atoms with van der Waals surface area (Å²) < 4.78 is 1.09. The van der Waals surface area contributed by atoms with Crippen LogP contribution < -0.4 is 10.6 Å². The van der Waals surface area contributed by atoms with Crippen LogP contribution in [0.1, 0.15) is 95.7 Å². The van der Waals surface area contributed by atoms with Crippen LogP contribution in [-0.4, -0.2) is 15.0 Å². The third-order valence-corrected chi connectivity index (χ3v) is 18.0. The molecule has 0 radical (unpaired) electrons. The summed E-state index contributed by atoms with van der Waals surface area (Å²) in [5.41, 5.74) is 35.0. The first-order valence-electron chi connectivity index (χ1n) is 33.1. The summed E-state index contributed by atoms with van der Waals surface area (Å²) in [4.78, 5) is 17.3. The maximum Gasteiger partial charge on any atom is 0.0709 e. The standard InChI is InChI=1S/C56H53N3.C22H22BrN.C12H11N/c1-38-36-57-52(34-50(38)41-22-14-10-15-23-41)43-28-45(55(3,4)5)32-47(30-43)59(54-27-19-18-26-49(54)40-20-12-9-13-21-40)48-31-44(29-46(33-48)56(6,7)8)53-35-51(39(2)37-58-53)42-24-16-11-17-25-42;1-15-14-24-21(13-20(15)16-8-6-5-7-9-16)17-10-18(22(2,3)4)12-19(23)11-17;13-12-9-5-4-8-11(12)10-6-2-1-3-7-10/h9-37H,1-8H3;5-14H,1-4H3;1-9H,13H2. The lowest BCUT2D eigenvalue weighted by molar-refractivity contribution is 0.590. The van der Waals surface area contributed by atoms with Crippen LogP contribution >= 0.6 is 15.9 Å². The number of pyridine rings is 3. The fourth-order valence-corrected chi connectivity index (χ4v) is 12.5. The molecule has 478 valence electrons. The monoisotopic (exact) mass is 1320 g/mol. The van der Waals surface area contributed by atoms with Crippen LogP contribution in [0.4, 0.5) is 22.7 Å². The maximum absolute atomic E-state index is 5.85. The first-order chi connectivity index (χ1) is 46.0. The van der Waals surface area contributed by atoms with Gasteiger partial charge in [0, 0.05) is 67.9 Å². The molecule has 0 spiro atoms. The smallest absolute Gasteiger partial charge is 0.0709 e. The molecule has 0 saturated carbocycles. The van der Waals surface area contributed by atoms with Crippen molar-refractivity contribution < 1.29 is 0 Å². The molecule has 3 aromatic heterocycles. The lowest BCUT2D eigenvalue weighted by Crippen LogP contribution is -2.17. The molecule has 0 fully saturated rings. The van der Waals surface area contributed by atoms with E-state index in [0.717, 1.165) is 88.8 Å². The zero-order valence-electron chi connectivity index (χ0n) is 57.5. The molecular formula is C90H86BrN5. The van der Waals surface area contributed by atoms with Crippen molar-refractivity contribution in [1.82, 2.24) is 15.0 Å². The summed E-state index contributed by atoms with van der Waals surface area (Å²) >= 11 is 3.65. The van der Waals surface area contributed by atoms with Gasteiger partial charge in [0.2, 0.25) is 0 Å². The quantitative estimate of drug-likeness (QED) is 0.131. The molecule has 96 heavy (non-hydrogen) atoms. The van der Waals surface area contributed by atoms with Crippen molar-refractivity contribution in [3.8, 4) is 89.4 Å². The molecule has 5 nitrogen and oxygen atoms in total. The Morgan fingerprint density at radius 2 is 0.583 bits per heavy atom. The molecule has 0 aliphatic carbocycles. The number of nitrogen functional groups attached to an aromatic ring is 1. The maximum atomic E-state index is 5.85. The molecule has 3 heterocycles. The summed E-state index contributed by atoms with van der Waals surface area (Å²) in [6, 6.07) is 96.6. The van der Waals surface area contributed by atoms with E-state index in [-0.39, 0.29) is 16.2 Å². The first kappa shape index (κ1) is 67.2. The second-order valence-corrected chi connectivity index (χ2v) is 28.9. The number of benzene rings is 10. The second kappa shape index (κ2) is 29.2. The number of aryl methyl sites for hydroxylation is 3. The summed E-state index contributed by atoms with van der Waals surface area (Å²) in [7, 11) is 0. The second-order valence-electron chi connectivity index (χ2n) is 27.9. The number of para-hydroxylation sites is 2. The van der Waals surface area contributed by atoms with Crippen LogP contribution in [0.2, 0.25) is 0 Å². The number of anilines is 4. The molecular weight excluding hydrogens is 1230 g/mol. The van der Waals surface area contributed by atoms with Crippen molar-refractivity contribution in [3.63, 3.8) is 0 Å². The summed E-state index contributed by atoms with van der Waals surface area (Å²) in [5, 5.41) is 0. The Morgan fingerprint density at radius 3 is 0.938 bits per heavy atom. The molecule has 10 aromatic carbocycles. The van der Waals surface area contributed by atoms with E-state index < -0.39 is 0 Å². The minimum atomic E-state index is -0.138. The minimum absolute atomic E-state index is 0.103. The van der Waals surface area contributed by atoms with Gasteiger partial charge >= 0.3 is 0 Å². The molecule has 6 heteroatoms. The van der Waals surface area contributed by atoms with Crippen molar-refractivity contribution in [2.45, 2.75) is 99.3 Å². The van der Waals surface area contributed by atoms with Gasteiger partial charge in [-0.25, -0.2) is 0 Å². The Labute approximate surface area is 578 Å². The Balaban J connectivity index is 0.000000204. The SMILES string of the molecule is Cc1cnc(-c2cc(Br)cc(C(C)(C)C)c2)cc1-c1ccccc1.Cc1cnc(-c2cc(N(c3cc(-c4cc(-c5ccccc5)c(C)cn4)cc(C(C)(C)C)c3)c3ccccc3-c3ccccc3)cc(C(C)(C)C)c2)cc1-c1ccccc1.Nc1ccccc1-c1ccccc1. The number of nitrogens with zero attached hydrogens (tertiary/aromatic N) is 4. The predicted octanol–water partition coefficient (Wildman–Crippen LogP) is 25.2. The summed E-state index contributed by atoms with van der Waals surface area (Å²) in [6.45, 7) is 26.9. The number of nitrogens with two attached hydrogens (primary N) is 1. The summed E-state index contributed by atoms with van der Waals surface area (Å²) in [6.07, 6.45) is 6.00. The molecule has 0 aliphatic heterocycles. The Bertz CT molecular complexity index is 4640. The predicted molar refractivity (Wildman–Crippen MR) is 413 cm³/mol. The van der Waals surface area contributed by atoms with E-state index >= 15 is 0 Å². The number of hydrogen-bond acceptors (Lipinski definition) is 5. The number of halogens is 1. The largest absolute Gasteiger partial charge is 0.398 e. The molecule has 13 rings (SSSR count). The fraction of sp³-hybridized carbons (Fsp3) is 0.167. The number of rotatable bonds is 11. The molecule has 0 unspecified atom stereocenters. The van der Waals surface area contributed by atoms with Gasteiger partial charge in [-0.15, -0.1) is 0 Å². The third-order valence-electron chi connectivity index (χ3n) is 17.6. The highest BCUT2D eigenvalue weighted by Gasteiger charge is 2.26. The zero-order valence-corrected chi connectivity index (χ0v) is 59.0. The van der Waals surface area contributed by atoms with Gasteiger partial charge in [-0.05, 0) is 200 Å². The van der Waals surface area contributed by atoms with E-state index in [1.54, 1.807) is 0 Å². The summed E-state index contributed by atoms with van der Waals surface area (Å²) in [5.74, 6) is 0. The Hall–Kier alpha value is -10.3. The average Bonchev–Trinajstić information content (AvgIpc) is 0.758. The topological polar surface area (TPSA) is 67.9 Å². The van der Waals surface area contributed by atoms with Crippen LogP contribution in [0.15, 0.2) is 296 Å². The van der Waals surface area contributed by atoms with Gasteiger partial charge in [-0.2, -0.15) is 0 Å². The fourth-order valence-electron chi connectivity index (χ4n) is 12.0. The van der Waals surface area contributed by atoms with Gasteiger partial charge in [0.25, 0.3) is 0 Å². The normalized spacial score (nSPS) is 11.4. The van der Waals surface area contributed by atoms with E-state index in [9.17, 15) is 0 Å². The van der Waals surface area contributed by atoms with Gasteiger partial charge < -0.3 is 10.6 Å². The van der Waals surface area contributed by atoms with Gasteiger partial charge in [0.05, 0.1) is 22.8 Å². The van der Waals surface area contributed by atoms with Gasteiger partial charge in [0.1, 0.15) is 0 Å². The number of aromatic nitrogens is 3. The first-order valence-corrected chi connectivity index (χ1v) is 33.9. The third kappa shape index (κ3) is 16.1. The Kier molecular flexibility index (Phi) is 20.4. The van der Waals surface area contributed by atoms with Crippen LogP contribution in [-0.2, 0) is 16.2 Å². The van der Waals surface area contributed by atoms with E-state index in [1.165, 1.54) is 61.2 Å². The highest BCUT2D eigenvalue weighted by atomic mass is 79.9.